The Labute approximate surface area is 118 Å². The fraction of sp³-hybridized carbons (Fsp3) is 0.750. The van der Waals surface area contributed by atoms with E-state index in [4.69, 9.17) is 0 Å². The lowest BCUT2D eigenvalue weighted by atomic mass is 10.0. The highest BCUT2D eigenvalue weighted by Crippen LogP contribution is 2.18. The van der Waals surface area contributed by atoms with Crippen LogP contribution in [0.15, 0.2) is 11.5 Å². The molecule has 0 aliphatic heterocycles. The average Bonchev–Trinajstić information content (AvgIpc) is 2.82. The number of carbonyl (C=O) groups excluding carboxylic acids is 1. The number of thioether (sulfide) groups is 1. The summed E-state index contributed by atoms with van der Waals surface area (Å²) in [6.45, 7) is 7.92. The Morgan fingerprint density at radius 1 is 1.63 bits per heavy atom. The largest absolute Gasteiger partial charge is 0.388 e. The van der Waals surface area contributed by atoms with Crippen molar-refractivity contribution in [2.24, 2.45) is 0 Å². The number of rotatable bonds is 7. The van der Waals surface area contributed by atoms with Crippen LogP contribution in [0.5, 0.6) is 0 Å². The highest BCUT2D eigenvalue weighted by atomic mass is 32.2. The monoisotopic (exact) mass is 286 g/mol. The second-order valence-electron chi connectivity index (χ2n) is 5.03. The third-order valence-electron chi connectivity index (χ3n) is 2.86. The van der Waals surface area contributed by atoms with Crippen LogP contribution >= 0.6 is 11.8 Å². The van der Waals surface area contributed by atoms with Gasteiger partial charge in [-0.25, -0.2) is 0 Å². The summed E-state index contributed by atoms with van der Waals surface area (Å²) in [5, 5.41) is 21.1. The van der Waals surface area contributed by atoms with Crippen molar-refractivity contribution in [1.29, 1.82) is 0 Å². The molecule has 2 N–H and O–H groups in total. The topological polar surface area (TPSA) is 80.0 Å². The lowest BCUT2D eigenvalue weighted by molar-refractivity contribution is -0.119. The molecule has 0 radical (unpaired) electrons. The zero-order valence-corrected chi connectivity index (χ0v) is 12.7. The molecule has 1 rings (SSSR count). The number of aliphatic hydroxyl groups is 1. The second-order valence-corrected chi connectivity index (χ2v) is 5.97. The highest BCUT2D eigenvalue weighted by molar-refractivity contribution is 7.99. The molecular weight excluding hydrogens is 264 g/mol. The molecule has 0 bridgehead atoms. The molecule has 108 valence electrons. The standard InChI is InChI=1S/C12H22N4O2S/c1-5-12(4,18)7-13-10(17)6-19-11-15-14-8-16(11)9(2)3/h8-9,18H,5-7H2,1-4H3,(H,13,17). The molecule has 0 aliphatic rings. The van der Waals surface area contributed by atoms with Crippen LogP contribution < -0.4 is 5.32 Å². The van der Waals surface area contributed by atoms with Crippen LogP contribution in [0.3, 0.4) is 0 Å². The summed E-state index contributed by atoms with van der Waals surface area (Å²) in [6, 6.07) is 0.265. The van der Waals surface area contributed by atoms with Crippen LogP contribution in [0.2, 0.25) is 0 Å². The first kappa shape index (κ1) is 16.0. The van der Waals surface area contributed by atoms with Crippen molar-refractivity contribution in [3.05, 3.63) is 6.33 Å². The summed E-state index contributed by atoms with van der Waals surface area (Å²) in [6.07, 6.45) is 2.26. The molecule has 6 nitrogen and oxygen atoms in total. The Bertz CT molecular complexity index is 418. The molecule has 1 unspecified atom stereocenters. The van der Waals surface area contributed by atoms with E-state index >= 15 is 0 Å². The molecule has 0 fully saturated rings. The van der Waals surface area contributed by atoms with Gasteiger partial charge in [-0.05, 0) is 27.2 Å². The van der Waals surface area contributed by atoms with Gasteiger partial charge >= 0.3 is 0 Å². The number of hydrogen-bond acceptors (Lipinski definition) is 5. The van der Waals surface area contributed by atoms with E-state index in [1.54, 1.807) is 13.3 Å². The SMILES string of the molecule is CCC(C)(O)CNC(=O)CSc1nncn1C(C)C. The maximum atomic E-state index is 11.7. The molecule has 7 heteroatoms. The van der Waals surface area contributed by atoms with Crippen LogP contribution in [0.1, 0.15) is 40.2 Å². The summed E-state index contributed by atoms with van der Waals surface area (Å²) in [5.74, 6) is 0.155. The quantitative estimate of drug-likeness (QED) is 0.737. The van der Waals surface area contributed by atoms with Gasteiger partial charge in [0, 0.05) is 12.6 Å². The minimum atomic E-state index is -0.849. The molecule has 0 saturated carbocycles. The molecule has 1 amide bonds. The smallest absolute Gasteiger partial charge is 0.230 e. The molecule has 19 heavy (non-hydrogen) atoms. The number of nitrogens with zero attached hydrogens (tertiary/aromatic N) is 3. The van der Waals surface area contributed by atoms with Crippen LogP contribution in [-0.4, -0.2) is 43.7 Å². The molecule has 1 aromatic rings. The third-order valence-corrected chi connectivity index (χ3v) is 3.81. The minimum absolute atomic E-state index is 0.114. The Morgan fingerprint density at radius 2 is 2.32 bits per heavy atom. The molecule has 1 heterocycles. The Morgan fingerprint density at radius 3 is 2.89 bits per heavy atom. The summed E-state index contributed by atoms with van der Waals surface area (Å²) in [7, 11) is 0. The van der Waals surface area contributed by atoms with Gasteiger partial charge in [-0.15, -0.1) is 10.2 Å². The number of nitrogens with one attached hydrogen (secondary N) is 1. The summed E-state index contributed by atoms with van der Waals surface area (Å²) in [5.41, 5.74) is -0.849. The van der Waals surface area contributed by atoms with Gasteiger partial charge in [-0.1, -0.05) is 18.7 Å². The number of amides is 1. The predicted octanol–water partition coefficient (Wildman–Crippen LogP) is 1.23. The lowest BCUT2D eigenvalue weighted by Crippen LogP contribution is -2.40. The van der Waals surface area contributed by atoms with Gasteiger partial charge in [0.2, 0.25) is 5.91 Å². The number of carbonyl (C=O) groups is 1. The van der Waals surface area contributed by atoms with E-state index in [0.717, 1.165) is 5.16 Å². The fourth-order valence-corrected chi connectivity index (χ4v) is 2.16. The van der Waals surface area contributed by atoms with E-state index in [9.17, 15) is 9.90 Å². The molecule has 0 spiro atoms. The number of hydrogen-bond donors (Lipinski definition) is 2. The van der Waals surface area contributed by atoms with Crippen molar-refractivity contribution >= 4 is 17.7 Å². The molecule has 0 aromatic carbocycles. The van der Waals surface area contributed by atoms with Crippen molar-refractivity contribution in [3.63, 3.8) is 0 Å². The summed E-state index contributed by atoms with van der Waals surface area (Å²) >= 11 is 1.34. The van der Waals surface area contributed by atoms with Gasteiger partial charge in [0.25, 0.3) is 0 Å². The van der Waals surface area contributed by atoms with E-state index in [1.165, 1.54) is 11.8 Å². The van der Waals surface area contributed by atoms with Crippen molar-refractivity contribution in [3.8, 4) is 0 Å². The van der Waals surface area contributed by atoms with E-state index < -0.39 is 5.60 Å². The molecule has 1 aromatic heterocycles. The first-order valence-corrected chi connectivity index (χ1v) is 7.35. The highest BCUT2D eigenvalue weighted by Gasteiger charge is 2.18. The molecule has 0 aliphatic carbocycles. The third kappa shape index (κ3) is 5.20. The first-order chi connectivity index (χ1) is 8.85. The van der Waals surface area contributed by atoms with E-state index in [2.05, 4.69) is 15.5 Å². The maximum absolute atomic E-state index is 11.7. The normalized spacial score (nSPS) is 14.4. The van der Waals surface area contributed by atoms with Gasteiger partial charge in [0.1, 0.15) is 6.33 Å². The van der Waals surface area contributed by atoms with E-state index in [0.29, 0.717) is 6.42 Å². The van der Waals surface area contributed by atoms with Gasteiger partial charge in [0.05, 0.1) is 11.4 Å². The van der Waals surface area contributed by atoms with Crippen molar-refractivity contribution < 1.29 is 9.90 Å². The summed E-state index contributed by atoms with van der Waals surface area (Å²) < 4.78 is 1.92. The van der Waals surface area contributed by atoms with Gasteiger partial charge in [0.15, 0.2) is 5.16 Å². The zero-order chi connectivity index (χ0) is 14.5. The lowest BCUT2D eigenvalue weighted by Gasteiger charge is -2.21. The maximum Gasteiger partial charge on any atom is 0.230 e. The predicted molar refractivity (Wildman–Crippen MR) is 75.1 cm³/mol. The molecule has 1 atom stereocenters. The van der Waals surface area contributed by atoms with E-state index in [-0.39, 0.29) is 24.2 Å². The van der Waals surface area contributed by atoms with Crippen LogP contribution in [0.25, 0.3) is 0 Å². The molecular formula is C12H22N4O2S. The Balaban J connectivity index is 2.40. The van der Waals surface area contributed by atoms with Gasteiger partial charge in [-0.3, -0.25) is 4.79 Å². The Kier molecular flexibility index (Phi) is 5.81. The van der Waals surface area contributed by atoms with Crippen LogP contribution in [0, 0.1) is 0 Å². The zero-order valence-electron chi connectivity index (χ0n) is 11.9. The second kappa shape index (κ2) is 6.91. The average molecular weight is 286 g/mol. The van der Waals surface area contributed by atoms with E-state index in [1.807, 2.05) is 25.3 Å². The first-order valence-electron chi connectivity index (χ1n) is 6.37. The molecule has 0 saturated heterocycles. The van der Waals surface area contributed by atoms with Gasteiger partial charge < -0.3 is 15.0 Å². The Hall–Kier alpha value is -1.08. The van der Waals surface area contributed by atoms with Gasteiger partial charge in [-0.2, -0.15) is 0 Å². The van der Waals surface area contributed by atoms with Crippen molar-refractivity contribution in [1.82, 2.24) is 20.1 Å². The number of aromatic nitrogens is 3. The van der Waals surface area contributed by atoms with Crippen LogP contribution in [0.4, 0.5) is 0 Å². The van der Waals surface area contributed by atoms with Crippen LogP contribution in [-0.2, 0) is 4.79 Å². The van der Waals surface area contributed by atoms with Crippen molar-refractivity contribution in [2.75, 3.05) is 12.3 Å². The fourth-order valence-electron chi connectivity index (χ4n) is 1.28. The van der Waals surface area contributed by atoms with Crippen molar-refractivity contribution in [2.45, 2.75) is 50.9 Å². The minimum Gasteiger partial charge on any atom is -0.388 e. The summed E-state index contributed by atoms with van der Waals surface area (Å²) in [4.78, 5) is 11.7.